The summed E-state index contributed by atoms with van der Waals surface area (Å²) in [4.78, 5) is 28.7. The maximum absolute atomic E-state index is 12.7. The molecule has 0 heterocycles. The molecule has 4 fully saturated rings. The van der Waals surface area contributed by atoms with Crippen LogP contribution in [0.25, 0.3) is 0 Å². The Hall–Kier alpha value is -1.87. The number of aliphatic imine (C=N–C) groups is 1. The van der Waals surface area contributed by atoms with Gasteiger partial charge in [-0.05, 0) is 124 Å². The van der Waals surface area contributed by atoms with Crippen molar-refractivity contribution in [1.29, 1.82) is 0 Å². The van der Waals surface area contributed by atoms with Crippen molar-refractivity contribution in [2.45, 2.75) is 123 Å². The van der Waals surface area contributed by atoms with E-state index < -0.39 is 6.04 Å². The highest BCUT2D eigenvalue weighted by Gasteiger charge is 2.63. The number of carbonyl (C=O) groups excluding carboxylic acids is 2. The van der Waals surface area contributed by atoms with Crippen LogP contribution in [-0.4, -0.2) is 54.4 Å². The second-order valence-electron chi connectivity index (χ2n) is 14.2. The van der Waals surface area contributed by atoms with Gasteiger partial charge in [0.2, 0.25) is 0 Å². The van der Waals surface area contributed by atoms with Crippen molar-refractivity contribution < 1.29 is 24.2 Å². The van der Waals surface area contributed by atoms with E-state index in [0.29, 0.717) is 67.9 Å². The van der Waals surface area contributed by atoms with Gasteiger partial charge in [0.1, 0.15) is 12.1 Å². The van der Waals surface area contributed by atoms with Gasteiger partial charge in [0.15, 0.2) is 5.96 Å². The van der Waals surface area contributed by atoms with Crippen LogP contribution in [0.5, 0.6) is 0 Å². The SMILES string of the molecule is CCOC(=O)CCC(C)C1CCC2C3C(O)CC4CC(OC(=O)C(N)CCCN=C(N)N)CCC4(C)C3CCC12C. The molecule has 0 bridgehead atoms. The van der Waals surface area contributed by atoms with E-state index in [-0.39, 0.29) is 40.9 Å². The number of nitrogens with two attached hydrogens (primary N) is 3. The van der Waals surface area contributed by atoms with Crippen LogP contribution in [0.2, 0.25) is 0 Å². The minimum atomic E-state index is -0.676. The van der Waals surface area contributed by atoms with Crippen molar-refractivity contribution in [2.24, 2.45) is 68.5 Å². The Morgan fingerprint density at radius 3 is 2.44 bits per heavy atom. The predicted octanol–water partition coefficient (Wildman–Crippen LogP) is 3.89. The molecule has 11 atom stereocenters. The first-order chi connectivity index (χ1) is 19.4. The van der Waals surface area contributed by atoms with Gasteiger partial charge in [0.05, 0.1) is 12.7 Å². The fourth-order valence-electron chi connectivity index (χ4n) is 9.93. The lowest BCUT2D eigenvalue weighted by molar-refractivity contribution is -0.183. The summed E-state index contributed by atoms with van der Waals surface area (Å²) in [5.74, 6) is 2.35. The molecule has 4 saturated carbocycles. The van der Waals surface area contributed by atoms with E-state index in [1.807, 2.05) is 6.92 Å². The monoisotopic (exact) mass is 576 g/mol. The molecule has 9 nitrogen and oxygen atoms in total. The van der Waals surface area contributed by atoms with Crippen molar-refractivity contribution >= 4 is 17.9 Å². The molecule has 11 unspecified atom stereocenters. The normalized spacial score (nSPS) is 39.4. The molecule has 41 heavy (non-hydrogen) atoms. The van der Waals surface area contributed by atoms with Crippen molar-refractivity contribution in [2.75, 3.05) is 13.2 Å². The van der Waals surface area contributed by atoms with E-state index >= 15 is 0 Å². The Morgan fingerprint density at radius 2 is 1.73 bits per heavy atom. The number of ether oxygens (including phenoxy) is 2. The van der Waals surface area contributed by atoms with E-state index in [1.165, 1.54) is 19.3 Å². The standard InChI is InChI=1S/C32H56N4O5/c1-5-40-27(38)11-8-19(2)22-9-10-23-28-24(13-15-32(22,23)4)31(3)14-12-21(17-20(31)18-26(28)37)41-29(39)25(33)7-6-16-36-30(34)35/h19-26,28,37H,5-18,33H2,1-4H3,(H4,34,35,36). The van der Waals surface area contributed by atoms with Crippen LogP contribution in [0.4, 0.5) is 0 Å². The molecule has 234 valence electrons. The zero-order valence-corrected chi connectivity index (χ0v) is 25.9. The van der Waals surface area contributed by atoms with Crippen LogP contribution in [-0.2, 0) is 19.1 Å². The number of carbonyl (C=O) groups is 2. The van der Waals surface area contributed by atoms with Gasteiger partial charge in [0.25, 0.3) is 0 Å². The molecule has 0 radical (unpaired) electrons. The molecule has 0 aromatic carbocycles. The van der Waals surface area contributed by atoms with Crippen LogP contribution >= 0.6 is 0 Å². The summed E-state index contributed by atoms with van der Waals surface area (Å²) in [6.45, 7) is 9.99. The summed E-state index contributed by atoms with van der Waals surface area (Å²) in [5, 5.41) is 11.7. The largest absolute Gasteiger partial charge is 0.466 e. The topological polar surface area (TPSA) is 163 Å². The minimum Gasteiger partial charge on any atom is -0.466 e. The van der Waals surface area contributed by atoms with Gasteiger partial charge in [-0.15, -0.1) is 0 Å². The summed E-state index contributed by atoms with van der Waals surface area (Å²) >= 11 is 0. The number of esters is 2. The zero-order valence-electron chi connectivity index (χ0n) is 25.9. The smallest absolute Gasteiger partial charge is 0.323 e. The number of fused-ring (bicyclic) bond motifs is 5. The van der Waals surface area contributed by atoms with Gasteiger partial charge in [-0.25, -0.2) is 0 Å². The van der Waals surface area contributed by atoms with Gasteiger partial charge in [-0.1, -0.05) is 20.8 Å². The third-order valence-electron chi connectivity index (χ3n) is 12.1. The van der Waals surface area contributed by atoms with E-state index in [2.05, 4.69) is 25.8 Å². The molecule has 0 aromatic heterocycles. The van der Waals surface area contributed by atoms with Crippen LogP contribution in [0, 0.1) is 46.3 Å². The number of nitrogens with zero attached hydrogens (tertiary/aromatic N) is 1. The van der Waals surface area contributed by atoms with Crippen molar-refractivity contribution in [3.05, 3.63) is 0 Å². The lowest BCUT2D eigenvalue weighted by Crippen LogP contribution is -2.59. The van der Waals surface area contributed by atoms with Gasteiger partial charge in [-0.2, -0.15) is 0 Å². The molecule has 4 aliphatic carbocycles. The maximum Gasteiger partial charge on any atom is 0.323 e. The van der Waals surface area contributed by atoms with Crippen LogP contribution < -0.4 is 17.2 Å². The summed E-state index contributed by atoms with van der Waals surface area (Å²) in [5.41, 5.74) is 17.2. The highest BCUT2D eigenvalue weighted by Crippen LogP contribution is 2.68. The van der Waals surface area contributed by atoms with Crippen molar-refractivity contribution in [3.63, 3.8) is 0 Å². The molecule has 4 rings (SSSR count). The Morgan fingerprint density at radius 1 is 1.02 bits per heavy atom. The van der Waals surface area contributed by atoms with Crippen molar-refractivity contribution in [3.8, 4) is 0 Å². The first-order valence-corrected chi connectivity index (χ1v) is 16.3. The van der Waals surface area contributed by atoms with E-state index in [0.717, 1.165) is 38.5 Å². The lowest BCUT2D eigenvalue weighted by Gasteiger charge is -2.62. The average molecular weight is 577 g/mol. The summed E-state index contributed by atoms with van der Waals surface area (Å²) in [6, 6.07) is -0.676. The molecule has 0 aliphatic heterocycles. The second-order valence-corrected chi connectivity index (χ2v) is 14.2. The molecular formula is C32H56N4O5. The van der Waals surface area contributed by atoms with E-state index in [9.17, 15) is 14.7 Å². The molecule has 4 aliphatic rings. The zero-order chi connectivity index (χ0) is 29.9. The Labute approximate surface area is 246 Å². The summed E-state index contributed by atoms with van der Waals surface area (Å²) in [6.07, 6.45) is 10.2. The summed E-state index contributed by atoms with van der Waals surface area (Å²) in [7, 11) is 0. The van der Waals surface area contributed by atoms with Crippen LogP contribution in [0.15, 0.2) is 4.99 Å². The third-order valence-corrected chi connectivity index (χ3v) is 12.1. The quantitative estimate of drug-likeness (QED) is 0.125. The molecule has 9 heteroatoms. The minimum absolute atomic E-state index is 0.0410. The lowest BCUT2D eigenvalue weighted by atomic mass is 9.43. The number of aliphatic hydroxyl groups is 1. The van der Waals surface area contributed by atoms with Gasteiger partial charge >= 0.3 is 11.9 Å². The number of hydrogen-bond acceptors (Lipinski definition) is 7. The number of aliphatic hydroxyl groups excluding tert-OH is 1. The van der Waals surface area contributed by atoms with Crippen LogP contribution in [0.1, 0.15) is 105 Å². The first kappa shape index (κ1) is 32.1. The summed E-state index contributed by atoms with van der Waals surface area (Å²) < 4.78 is 11.1. The molecule has 0 saturated heterocycles. The van der Waals surface area contributed by atoms with Gasteiger partial charge < -0.3 is 31.8 Å². The molecule has 0 amide bonds. The molecule has 0 spiro atoms. The predicted molar refractivity (Wildman–Crippen MR) is 159 cm³/mol. The number of guanidine groups is 1. The maximum atomic E-state index is 12.7. The van der Waals surface area contributed by atoms with E-state index in [1.54, 1.807) is 0 Å². The van der Waals surface area contributed by atoms with Crippen LogP contribution in [0.3, 0.4) is 0 Å². The Balaban J connectivity index is 1.36. The molecular weight excluding hydrogens is 520 g/mol. The average Bonchev–Trinajstić information content (AvgIpc) is 3.27. The second kappa shape index (κ2) is 13.2. The van der Waals surface area contributed by atoms with Crippen molar-refractivity contribution in [1.82, 2.24) is 0 Å². The fraction of sp³-hybridized carbons (Fsp3) is 0.906. The molecule has 7 N–H and O–H groups in total. The highest BCUT2D eigenvalue weighted by molar-refractivity contribution is 5.76. The number of rotatable bonds is 11. The van der Waals surface area contributed by atoms with Gasteiger partial charge in [-0.3, -0.25) is 14.6 Å². The molecule has 0 aromatic rings. The number of hydrogen-bond donors (Lipinski definition) is 4. The Kier molecular flexibility index (Phi) is 10.3. The third kappa shape index (κ3) is 6.71. The highest BCUT2D eigenvalue weighted by atomic mass is 16.5. The fourth-order valence-corrected chi connectivity index (χ4v) is 9.93. The van der Waals surface area contributed by atoms with Gasteiger partial charge in [0, 0.05) is 13.0 Å². The Bertz CT molecular complexity index is 956. The van der Waals surface area contributed by atoms with E-state index in [4.69, 9.17) is 26.7 Å². The first-order valence-electron chi connectivity index (χ1n) is 16.3.